The largest absolute Gasteiger partial charge is 0.491 e. The van der Waals surface area contributed by atoms with Gasteiger partial charge in [0.1, 0.15) is 18.5 Å². The van der Waals surface area contributed by atoms with Gasteiger partial charge in [-0.1, -0.05) is 60.2 Å². The summed E-state index contributed by atoms with van der Waals surface area (Å²) in [6, 6.07) is 24.2. The lowest BCUT2D eigenvalue weighted by Crippen LogP contribution is -2.26. The van der Waals surface area contributed by atoms with Crippen molar-refractivity contribution in [2.24, 2.45) is 0 Å². The number of aryl methyl sites for hydroxylation is 2. The van der Waals surface area contributed by atoms with E-state index in [0.717, 1.165) is 17.0 Å². The van der Waals surface area contributed by atoms with Crippen LogP contribution in [-0.4, -0.2) is 24.4 Å². The number of hydrogen-bond donors (Lipinski definition) is 2. The van der Waals surface area contributed by atoms with Crippen molar-refractivity contribution in [3.8, 4) is 16.9 Å². The number of aliphatic hydroxyl groups is 1. The van der Waals surface area contributed by atoms with Crippen LogP contribution in [0.1, 0.15) is 11.1 Å². The predicted octanol–water partition coefficient (Wildman–Crippen LogP) is 4.82. The van der Waals surface area contributed by atoms with E-state index in [0.29, 0.717) is 6.54 Å². The van der Waals surface area contributed by atoms with Crippen molar-refractivity contribution in [3.05, 3.63) is 83.9 Å². The van der Waals surface area contributed by atoms with Gasteiger partial charge in [-0.15, -0.1) is 0 Å². The van der Waals surface area contributed by atoms with Crippen molar-refractivity contribution in [3.63, 3.8) is 0 Å². The number of aliphatic hydroxyl groups excluding tert-OH is 1. The molecular weight excluding hydrogens is 322 g/mol. The first kappa shape index (κ1) is 18.0. The zero-order valence-corrected chi connectivity index (χ0v) is 15.3. The maximum Gasteiger partial charge on any atom is 0.119 e. The van der Waals surface area contributed by atoms with Gasteiger partial charge in [-0.25, -0.2) is 0 Å². The summed E-state index contributed by atoms with van der Waals surface area (Å²) in [5, 5.41) is 13.6. The standard InChI is InChI=1S/C23H25NO2/c1-17-12-13-18(2)22(14-17)21-10-6-7-11-23(21)24-15-19(25)16-26-20-8-4-3-5-9-20/h3-14,19,24-25H,15-16H2,1-2H3. The van der Waals surface area contributed by atoms with E-state index < -0.39 is 6.10 Å². The van der Waals surface area contributed by atoms with Gasteiger partial charge in [-0.05, 0) is 43.2 Å². The molecule has 3 rings (SSSR count). The molecule has 0 saturated heterocycles. The van der Waals surface area contributed by atoms with E-state index in [-0.39, 0.29) is 6.61 Å². The van der Waals surface area contributed by atoms with Crippen molar-refractivity contribution < 1.29 is 9.84 Å². The van der Waals surface area contributed by atoms with E-state index in [1.165, 1.54) is 16.7 Å². The van der Waals surface area contributed by atoms with Crippen LogP contribution < -0.4 is 10.1 Å². The average Bonchev–Trinajstić information content (AvgIpc) is 2.68. The number of rotatable bonds is 7. The quantitative estimate of drug-likeness (QED) is 0.644. The second kappa shape index (κ2) is 8.54. The molecule has 1 unspecified atom stereocenters. The Balaban J connectivity index is 1.66. The highest BCUT2D eigenvalue weighted by Crippen LogP contribution is 2.31. The molecule has 0 heterocycles. The van der Waals surface area contributed by atoms with Gasteiger partial charge in [0, 0.05) is 17.8 Å². The molecule has 3 aromatic rings. The van der Waals surface area contributed by atoms with Crippen LogP contribution in [0, 0.1) is 13.8 Å². The Morgan fingerprint density at radius 1 is 0.885 bits per heavy atom. The Kier molecular flexibility index (Phi) is 5.92. The highest BCUT2D eigenvalue weighted by molar-refractivity contribution is 5.80. The summed E-state index contributed by atoms with van der Waals surface area (Å²) in [6.07, 6.45) is -0.595. The monoisotopic (exact) mass is 347 g/mol. The van der Waals surface area contributed by atoms with Crippen molar-refractivity contribution in [1.82, 2.24) is 0 Å². The molecule has 3 heteroatoms. The molecule has 26 heavy (non-hydrogen) atoms. The fourth-order valence-electron chi connectivity index (χ4n) is 2.89. The van der Waals surface area contributed by atoms with Gasteiger partial charge in [0.2, 0.25) is 0 Å². The maximum atomic E-state index is 10.2. The molecule has 0 amide bonds. The lowest BCUT2D eigenvalue weighted by Gasteiger charge is -2.17. The molecule has 0 aliphatic heterocycles. The molecule has 0 bridgehead atoms. The minimum Gasteiger partial charge on any atom is -0.491 e. The van der Waals surface area contributed by atoms with Crippen molar-refractivity contribution >= 4 is 5.69 Å². The smallest absolute Gasteiger partial charge is 0.119 e. The lowest BCUT2D eigenvalue weighted by atomic mass is 9.97. The second-order valence-corrected chi connectivity index (χ2v) is 6.52. The molecule has 134 valence electrons. The third-order valence-corrected chi connectivity index (χ3v) is 4.32. The van der Waals surface area contributed by atoms with Gasteiger partial charge < -0.3 is 15.2 Å². The van der Waals surface area contributed by atoms with E-state index in [1.54, 1.807) is 0 Å². The second-order valence-electron chi connectivity index (χ2n) is 6.52. The number of para-hydroxylation sites is 2. The molecule has 0 fully saturated rings. The third-order valence-electron chi connectivity index (χ3n) is 4.32. The van der Waals surface area contributed by atoms with Crippen molar-refractivity contribution in [1.29, 1.82) is 0 Å². The van der Waals surface area contributed by atoms with Crippen LogP contribution in [-0.2, 0) is 0 Å². The van der Waals surface area contributed by atoms with E-state index in [4.69, 9.17) is 4.74 Å². The first-order chi connectivity index (χ1) is 12.6. The minimum absolute atomic E-state index is 0.253. The zero-order valence-electron chi connectivity index (χ0n) is 15.3. The number of benzene rings is 3. The fraction of sp³-hybridized carbons (Fsp3) is 0.217. The SMILES string of the molecule is Cc1ccc(C)c(-c2ccccc2NCC(O)COc2ccccc2)c1. The van der Waals surface area contributed by atoms with Crippen LogP contribution in [0.3, 0.4) is 0 Å². The molecule has 0 aliphatic rings. The normalized spacial score (nSPS) is 11.8. The van der Waals surface area contributed by atoms with E-state index in [2.05, 4.69) is 43.4 Å². The highest BCUT2D eigenvalue weighted by Gasteiger charge is 2.10. The van der Waals surface area contributed by atoms with Crippen LogP contribution in [0.5, 0.6) is 5.75 Å². The van der Waals surface area contributed by atoms with Crippen LogP contribution in [0.15, 0.2) is 72.8 Å². The number of anilines is 1. The van der Waals surface area contributed by atoms with Crippen LogP contribution in [0.25, 0.3) is 11.1 Å². The Morgan fingerprint density at radius 2 is 1.62 bits per heavy atom. The Morgan fingerprint density at radius 3 is 2.42 bits per heavy atom. The van der Waals surface area contributed by atoms with Gasteiger partial charge in [-0.2, -0.15) is 0 Å². The molecule has 1 atom stereocenters. The molecular formula is C23H25NO2. The van der Waals surface area contributed by atoms with Gasteiger partial charge in [0.25, 0.3) is 0 Å². The van der Waals surface area contributed by atoms with Gasteiger partial charge in [-0.3, -0.25) is 0 Å². The summed E-state index contributed by atoms with van der Waals surface area (Å²) in [4.78, 5) is 0. The summed E-state index contributed by atoms with van der Waals surface area (Å²) in [5.74, 6) is 0.766. The van der Waals surface area contributed by atoms with Gasteiger partial charge in [0.15, 0.2) is 0 Å². The van der Waals surface area contributed by atoms with E-state index in [1.807, 2.05) is 48.5 Å². The lowest BCUT2D eigenvalue weighted by molar-refractivity contribution is 0.117. The molecule has 3 aromatic carbocycles. The first-order valence-electron chi connectivity index (χ1n) is 8.90. The summed E-state index contributed by atoms with van der Waals surface area (Å²) >= 11 is 0. The Labute approximate surface area is 155 Å². The fourth-order valence-corrected chi connectivity index (χ4v) is 2.89. The Hall–Kier alpha value is -2.78. The Bertz CT molecular complexity index is 846. The van der Waals surface area contributed by atoms with Crippen LogP contribution >= 0.6 is 0 Å². The predicted molar refractivity (Wildman–Crippen MR) is 108 cm³/mol. The van der Waals surface area contributed by atoms with Crippen LogP contribution in [0.4, 0.5) is 5.69 Å². The molecule has 0 radical (unpaired) electrons. The number of ether oxygens (including phenoxy) is 1. The first-order valence-corrected chi connectivity index (χ1v) is 8.90. The number of hydrogen-bond acceptors (Lipinski definition) is 3. The molecule has 0 aliphatic carbocycles. The van der Waals surface area contributed by atoms with Gasteiger partial charge in [0.05, 0.1) is 0 Å². The molecule has 0 spiro atoms. The molecule has 2 N–H and O–H groups in total. The molecule has 0 aromatic heterocycles. The zero-order chi connectivity index (χ0) is 18.4. The summed E-state index contributed by atoms with van der Waals surface area (Å²) in [5.41, 5.74) is 5.84. The molecule has 3 nitrogen and oxygen atoms in total. The molecule has 0 saturated carbocycles. The van der Waals surface area contributed by atoms with Crippen molar-refractivity contribution in [2.45, 2.75) is 20.0 Å². The average molecular weight is 347 g/mol. The summed E-state index contributed by atoms with van der Waals surface area (Å²) < 4.78 is 5.62. The summed E-state index contributed by atoms with van der Waals surface area (Å²) in [7, 11) is 0. The van der Waals surface area contributed by atoms with E-state index >= 15 is 0 Å². The van der Waals surface area contributed by atoms with Gasteiger partial charge >= 0.3 is 0 Å². The maximum absolute atomic E-state index is 10.2. The topological polar surface area (TPSA) is 41.5 Å². The number of nitrogens with one attached hydrogen (secondary N) is 1. The summed E-state index contributed by atoms with van der Waals surface area (Å²) in [6.45, 7) is 4.90. The minimum atomic E-state index is -0.595. The third kappa shape index (κ3) is 4.64. The van der Waals surface area contributed by atoms with Crippen molar-refractivity contribution in [2.75, 3.05) is 18.5 Å². The van der Waals surface area contributed by atoms with E-state index in [9.17, 15) is 5.11 Å². The highest BCUT2D eigenvalue weighted by atomic mass is 16.5. The van der Waals surface area contributed by atoms with Crippen LogP contribution in [0.2, 0.25) is 0 Å².